The lowest BCUT2D eigenvalue weighted by atomic mass is 10.0. The van der Waals surface area contributed by atoms with Gasteiger partial charge in [-0.3, -0.25) is 0 Å². The smallest absolute Gasteiger partial charge is 0.170 e. The average Bonchev–Trinajstić information content (AvgIpc) is 2.51. The summed E-state index contributed by atoms with van der Waals surface area (Å²) in [5.41, 5.74) is 6.17. The second-order valence-corrected chi connectivity index (χ2v) is 5.46. The Kier molecular flexibility index (Phi) is 7.61. The summed E-state index contributed by atoms with van der Waals surface area (Å²) in [5, 5.41) is 15.0. The first-order valence-electron chi connectivity index (χ1n) is 7.51. The molecular formula is C16H27N3O2. The van der Waals surface area contributed by atoms with Crippen molar-refractivity contribution in [1.82, 2.24) is 5.32 Å². The van der Waals surface area contributed by atoms with Crippen LogP contribution in [0.15, 0.2) is 29.4 Å². The van der Waals surface area contributed by atoms with Gasteiger partial charge in [-0.1, -0.05) is 25.4 Å². The van der Waals surface area contributed by atoms with Crippen LogP contribution in [0.1, 0.15) is 39.2 Å². The Hall–Kier alpha value is -1.75. The standard InChI is InChI=1S/C16H27N3O2/c1-4-12(2)11-13(3)18-9-10-21-15-7-5-14(6-8-15)16(17)19-20/h5-8,12-13,18,20H,4,9-11H2,1-3H3,(H2,17,19). The van der Waals surface area contributed by atoms with E-state index in [4.69, 9.17) is 15.7 Å². The van der Waals surface area contributed by atoms with Crippen molar-refractivity contribution in [2.45, 2.75) is 39.7 Å². The maximum Gasteiger partial charge on any atom is 0.170 e. The summed E-state index contributed by atoms with van der Waals surface area (Å²) in [6, 6.07) is 7.67. The lowest BCUT2D eigenvalue weighted by molar-refractivity contribution is 0.299. The van der Waals surface area contributed by atoms with Crippen LogP contribution >= 0.6 is 0 Å². The van der Waals surface area contributed by atoms with E-state index < -0.39 is 0 Å². The van der Waals surface area contributed by atoms with Crippen molar-refractivity contribution < 1.29 is 9.94 Å². The molecule has 0 radical (unpaired) electrons. The van der Waals surface area contributed by atoms with Gasteiger partial charge in [0.15, 0.2) is 5.84 Å². The Labute approximate surface area is 127 Å². The summed E-state index contributed by atoms with van der Waals surface area (Å²) >= 11 is 0. The molecule has 0 heterocycles. The van der Waals surface area contributed by atoms with Gasteiger partial charge in [0.2, 0.25) is 0 Å². The van der Waals surface area contributed by atoms with Crippen molar-refractivity contribution >= 4 is 5.84 Å². The van der Waals surface area contributed by atoms with Crippen LogP contribution in [0, 0.1) is 5.92 Å². The molecule has 0 aliphatic carbocycles. The van der Waals surface area contributed by atoms with Gasteiger partial charge < -0.3 is 21.0 Å². The first-order valence-corrected chi connectivity index (χ1v) is 7.51. The fraction of sp³-hybridized carbons (Fsp3) is 0.562. The quantitative estimate of drug-likeness (QED) is 0.215. The molecule has 2 unspecified atom stereocenters. The summed E-state index contributed by atoms with van der Waals surface area (Å²) in [5.74, 6) is 1.63. The summed E-state index contributed by atoms with van der Waals surface area (Å²) in [6.45, 7) is 8.14. The van der Waals surface area contributed by atoms with Gasteiger partial charge in [-0.05, 0) is 43.5 Å². The Balaban J connectivity index is 2.27. The van der Waals surface area contributed by atoms with Crippen molar-refractivity contribution in [3.05, 3.63) is 29.8 Å². The molecule has 5 heteroatoms. The van der Waals surface area contributed by atoms with E-state index in [1.807, 2.05) is 12.1 Å². The zero-order chi connectivity index (χ0) is 15.7. The molecule has 0 aliphatic heterocycles. The molecular weight excluding hydrogens is 266 g/mol. The Morgan fingerprint density at radius 2 is 2.00 bits per heavy atom. The molecule has 0 saturated heterocycles. The third kappa shape index (κ3) is 6.49. The topological polar surface area (TPSA) is 79.9 Å². The van der Waals surface area contributed by atoms with Crippen LogP contribution in [0.4, 0.5) is 0 Å². The van der Waals surface area contributed by atoms with Gasteiger partial charge in [-0.15, -0.1) is 0 Å². The largest absolute Gasteiger partial charge is 0.492 e. The molecule has 0 bridgehead atoms. The molecule has 0 aliphatic rings. The second-order valence-electron chi connectivity index (χ2n) is 5.46. The van der Waals surface area contributed by atoms with Gasteiger partial charge in [-0.2, -0.15) is 0 Å². The molecule has 1 aromatic rings. The summed E-state index contributed by atoms with van der Waals surface area (Å²) in [6.07, 6.45) is 2.40. The van der Waals surface area contributed by atoms with Gasteiger partial charge in [0.05, 0.1) is 0 Å². The first kappa shape index (κ1) is 17.3. The van der Waals surface area contributed by atoms with Gasteiger partial charge in [0.1, 0.15) is 12.4 Å². The lowest BCUT2D eigenvalue weighted by Crippen LogP contribution is -2.31. The van der Waals surface area contributed by atoms with E-state index >= 15 is 0 Å². The number of ether oxygens (including phenoxy) is 1. The SMILES string of the molecule is CCC(C)CC(C)NCCOc1ccc(C(N)=NO)cc1. The molecule has 118 valence electrons. The van der Waals surface area contributed by atoms with E-state index in [1.165, 1.54) is 12.8 Å². The highest BCUT2D eigenvalue weighted by Gasteiger charge is 2.06. The van der Waals surface area contributed by atoms with Crippen LogP contribution in [-0.2, 0) is 0 Å². The number of nitrogens with two attached hydrogens (primary N) is 1. The zero-order valence-electron chi connectivity index (χ0n) is 13.2. The first-order chi connectivity index (χ1) is 10.1. The number of hydrogen-bond donors (Lipinski definition) is 3. The highest BCUT2D eigenvalue weighted by molar-refractivity contribution is 5.97. The highest BCUT2D eigenvalue weighted by atomic mass is 16.5. The van der Waals surface area contributed by atoms with Gasteiger partial charge in [-0.25, -0.2) is 0 Å². The minimum Gasteiger partial charge on any atom is -0.492 e. The van der Waals surface area contributed by atoms with Crippen LogP contribution in [-0.4, -0.2) is 30.2 Å². The number of rotatable bonds is 9. The van der Waals surface area contributed by atoms with E-state index in [0.29, 0.717) is 18.2 Å². The molecule has 0 spiro atoms. The monoisotopic (exact) mass is 293 g/mol. The third-order valence-electron chi connectivity index (χ3n) is 3.57. The molecule has 1 rings (SSSR count). The Morgan fingerprint density at radius 3 is 2.57 bits per heavy atom. The Bertz CT molecular complexity index is 432. The van der Waals surface area contributed by atoms with Crippen molar-refractivity contribution in [2.75, 3.05) is 13.2 Å². The number of benzene rings is 1. The third-order valence-corrected chi connectivity index (χ3v) is 3.57. The summed E-state index contributed by atoms with van der Waals surface area (Å²) in [4.78, 5) is 0. The molecule has 0 aromatic heterocycles. The molecule has 0 saturated carbocycles. The molecule has 2 atom stereocenters. The van der Waals surface area contributed by atoms with Crippen LogP contribution in [0.25, 0.3) is 0 Å². The molecule has 21 heavy (non-hydrogen) atoms. The fourth-order valence-electron chi connectivity index (χ4n) is 2.11. The van der Waals surface area contributed by atoms with Crippen molar-refractivity contribution in [1.29, 1.82) is 0 Å². The second kappa shape index (κ2) is 9.23. The molecule has 1 aromatic carbocycles. The van der Waals surface area contributed by atoms with Crippen molar-refractivity contribution in [3.63, 3.8) is 0 Å². The predicted octanol–water partition coefficient (Wildman–Crippen LogP) is 2.57. The number of amidine groups is 1. The van der Waals surface area contributed by atoms with E-state index in [1.54, 1.807) is 12.1 Å². The van der Waals surface area contributed by atoms with Crippen LogP contribution in [0.3, 0.4) is 0 Å². The number of nitrogens with one attached hydrogen (secondary N) is 1. The predicted molar refractivity (Wildman–Crippen MR) is 86.0 cm³/mol. The minimum atomic E-state index is 0.0992. The fourth-order valence-corrected chi connectivity index (χ4v) is 2.11. The molecule has 0 fully saturated rings. The van der Waals surface area contributed by atoms with E-state index in [0.717, 1.165) is 18.2 Å². The van der Waals surface area contributed by atoms with Gasteiger partial charge in [0, 0.05) is 18.2 Å². The number of oxime groups is 1. The van der Waals surface area contributed by atoms with Crippen molar-refractivity contribution in [2.24, 2.45) is 16.8 Å². The van der Waals surface area contributed by atoms with Gasteiger partial charge in [0.25, 0.3) is 0 Å². The van der Waals surface area contributed by atoms with Crippen LogP contribution in [0.5, 0.6) is 5.75 Å². The Morgan fingerprint density at radius 1 is 1.33 bits per heavy atom. The number of hydrogen-bond acceptors (Lipinski definition) is 4. The maximum atomic E-state index is 8.59. The van der Waals surface area contributed by atoms with E-state index in [9.17, 15) is 0 Å². The van der Waals surface area contributed by atoms with E-state index in [-0.39, 0.29) is 5.84 Å². The molecule has 5 nitrogen and oxygen atoms in total. The lowest BCUT2D eigenvalue weighted by Gasteiger charge is -2.17. The van der Waals surface area contributed by atoms with Crippen molar-refractivity contribution in [3.8, 4) is 5.75 Å². The van der Waals surface area contributed by atoms with Gasteiger partial charge >= 0.3 is 0 Å². The highest BCUT2D eigenvalue weighted by Crippen LogP contribution is 2.12. The minimum absolute atomic E-state index is 0.0992. The molecule has 4 N–H and O–H groups in total. The number of nitrogens with zero attached hydrogens (tertiary/aromatic N) is 1. The maximum absolute atomic E-state index is 8.59. The van der Waals surface area contributed by atoms with E-state index in [2.05, 4.69) is 31.2 Å². The summed E-state index contributed by atoms with van der Waals surface area (Å²) < 4.78 is 5.65. The molecule has 0 amide bonds. The average molecular weight is 293 g/mol. The summed E-state index contributed by atoms with van der Waals surface area (Å²) in [7, 11) is 0. The van der Waals surface area contributed by atoms with Crippen LogP contribution < -0.4 is 15.8 Å². The normalized spacial score (nSPS) is 14.7. The van der Waals surface area contributed by atoms with Crippen LogP contribution in [0.2, 0.25) is 0 Å². The zero-order valence-corrected chi connectivity index (χ0v) is 13.2.